The van der Waals surface area contributed by atoms with E-state index in [2.05, 4.69) is 5.32 Å². The van der Waals surface area contributed by atoms with Gasteiger partial charge in [-0.3, -0.25) is 5.32 Å². The number of rotatable bonds is 4. The monoisotopic (exact) mass is 267 g/mol. The zero-order chi connectivity index (χ0) is 13.8. The van der Waals surface area contributed by atoms with E-state index in [1.807, 2.05) is 30.3 Å². The third kappa shape index (κ3) is 3.52. The summed E-state index contributed by atoms with van der Waals surface area (Å²) in [5, 5.41) is 32.1. The fourth-order valence-electron chi connectivity index (χ4n) is 2.22. The van der Waals surface area contributed by atoms with Crippen LogP contribution in [0.1, 0.15) is 12.5 Å². The molecule has 0 spiro atoms. The Balaban J connectivity index is 1.82. The van der Waals surface area contributed by atoms with E-state index in [0.29, 0.717) is 6.54 Å². The molecule has 1 saturated heterocycles. The quantitative estimate of drug-likeness (QED) is 0.599. The number of aliphatic hydroxyl groups excluding tert-OH is 3. The van der Waals surface area contributed by atoms with Crippen LogP contribution >= 0.6 is 0 Å². The van der Waals surface area contributed by atoms with Crippen molar-refractivity contribution in [1.29, 1.82) is 0 Å². The Labute approximate surface area is 112 Å². The van der Waals surface area contributed by atoms with Crippen molar-refractivity contribution < 1.29 is 20.1 Å². The topological polar surface area (TPSA) is 82.0 Å². The molecule has 1 aromatic rings. The van der Waals surface area contributed by atoms with Gasteiger partial charge in [-0.05, 0) is 18.9 Å². The SMILES string of the molecule is C[C@H]1O[C@@H](NCCc2ccccc2)[C@@H](O)[C@@H](O)[C@@H]1O. The molecule has 5 heteroatoms. The van der Waals surface area contributed by atoms with Gasteiger partial charge >= 0.3 is 0 Å². The molecular weight excluding hydrogens is 246 g/mol. The molecule has 1 aromatic carbocycles. The first-order chi connectivity index (χ1) is 9.09. The van der Waals surface area contributed by atoms with E-state index in [1.165, 1.54) is 5.56 Å². The van der Waals surface area contributed by atoms with Gasteiger partial charge < -0.3 is 20.1 Å². The number of benzene rings is 1. The van der Waals surface area contributed by atoms with E-state index in [4.69, 9.17) is 4.74 Å². The summed E-state index contributed by atoms with van der Waals surface area (Å²) in [5.41, 5.74) is 1.19. The van der Waals surface area contributed by atoms with E-state index in [9.17, 15) is 15.3 Å². The van der Waals surface area contributed by atoms with E-state index in [0.717, 1.165) is 6.42 Å². The van der Waals surface area contributed by atoms with Crippen molar-refractivity contribution in [3.8, 4) is 0 Å². The van der Waals surface area contributed by atoms with Crippen LogP contribution in [0.4, 0.5) is 0 Å². The summed E-state index contributed by atoms with van der Waals surface area (Å²) < 4.78 is 5.45. The van der Waals surface area contributed by atoms with Gasteiger partial charge in [0, 0.05) is 6.54 Å². The van der Waals surface area contributed by atoms with Crippen molar-refractivity contribution in [2.24, 2.45) is 0 Å². The molecule has 1 aliphatic rings. The lowest BCUT2D eigenvalue weighted by molar-refractivity contribution is -0.224. The van der Waals surface area contributed by atoms with Crippen molar-refractivity contribution in [3.05, 3.63) is 35.9 Å². The van der Waals surface area contributed by atoms with Crippen molar-refractivity contribution >= 4 is 0 Å². The average Bonchev–Trinajstić information content (AvgIpc) is 2.43. The maximum Gasteiger partial charge on any atom is 0.137 e. The maximum atomic E-state index is 9.83. The summed E-state index contributed by atoms with van der Waals surface area (Å²) in [5.74, 6) is 0. The first-order valence-corrected chi connectivity index (χ1v) is 6.56. The Morgan fingerprint density at radius 3 is 2.42 bits per heavy atom. The van der Waals surface area contributed by atoms with Crippen LogP contribution in [0.3, 0.4) is 0 Å². The van der Waals surface area contributed by atoms with Crippen molar-refractivity contribution in [2.45, 2.75) is 44.0 Å². The Morgan fingerprint density at radius 1 is 1.05 bits per heavy atom. The smallest absolute Gasteiger partial charge is 0.137 e. The summed E-state index contributed by atoms with van der Waals surface area (Å²) in [6.07, 6.45) is -3.72. The van der Waals surface area contributed by atoms with E-state index in [1.54, 1.807) is 6.92 Å². The van der Waals surface area contributed by atoms with Crippen molar-refractivity contribution in [2.75, 3.05) is 6.54 Å². The number of hydrogen-bond acceptors (Lipinski definition) is 5. The lowest BCUT2D eigenvalue weighted by atomic mass is 9.99. The summed E-state index contributed by atoms with van der Waals surface area (Å²) >= 11 is 0. The molecule has 1 heterocycles. The van der Waals surface area contributed by atoms with Gasteiger partial charge in [0.05, 0.1) is 6.10 Å². The summed E-state index contributed by atoms with van der Waals surface area (Å²) in [6.45, 7) is 2.30. The van der Waals surface area contributed by atoms with Crippen LogP contribution in [0.5, 0.6) is 0 Å². The number of ether oxygens (including phenoxy) is 1. The summed E-state index contributed by atoms with van der Waals surface area (Å²) in [6, 6.07) is 9.97. The van der Waals surface area contributed by atoms with Crippen molar-refractivity contribution in [3.63, 3.8) is 0 Å². The first-order valence-electron chi connectivity index (χ1n) is 6.56. The normalized spacial score (nSPS) is 35.3. The predicted molar refractivity (Wildman–Crippen MR) is 70.5 cm³/mol. The van der Waals surface area contributed by atoms with Crippen LogP contribution in [0.25, 0.3) is 0 Å². The highest BCUT2D eigenvalue weighted by atomic mass is 16.5. The lowest BCUT2D eigenvalue weighted by Crippen LogP contribution is -2.61. The van der Waals surface area contributed by atoms with Gasteiger partial charge in [0.1, 0.15) is 24.5 Å². The van der Waals surface area contributed by atoms with Gasteiger partial charge in [0.15, 0.2) is 0 Å². The molecule has 2 rings (SSSR count). The van der Waals surface area contributed by atoms with Crippen molar-refractivity contribution in [1.82, 2.24) is 5.32 Å². The minimum atomic E-state index is -1.18. The molecule has 106 valence electrons. The Kier molecular flexibility index (Phi) is 4.90. The van der Waals surface area contributed by atoms with Gasteiger partial charge in [-0.15, -0.1) is 0 Å². The van der Waals surface area contributed by atoms with Crippen LogP contribution in [0, 0.1) is 0 Å². The number of nitrogens with one attached hydrogen (secondary N) is 1. The average molecular weight is 267 g/mol. The van der Waals surface area contributed by atoms with Crippen LogP contribution in [0.15, 0.2) is 30.3 Å². The maximum absolute atomic E-state index is 9.83. The van der Waals surface area contributed by atoms with E-state index < -0.39 is 30.6 Å². The molecule has 5 nitrogen and oxygen atoms in total. The molecule has 0 unspecified atom stereocenters. The van der Waals surface area contributed by atoms with Gasteiger partial charge in [-0.2, -0.15) is 0 Å². The highest BCUT2D eigenvalue weighted by molar-refractivity contribution is 5.14. The molecule has 5 atom stereocenters. The second-order valence-electron chi connectivity index (χ2n) is 4.92. The third-order valence-electron chi connectivity index (χ3n) is 3.45. The molecular formula is C14H21NO4. The van der Waals surface area contributed by atoms with Crippen LogP contribution in [-0.4, -0.2) is 52.5 Å². The summed E-state index contributed by atoms with van der Waals surface area (Å²) in [7, 11) is 0. The molecule has 1 aliphatic heterocycles. The molecule has 0 bridgehead atoms. The van der Waals surface area contributed by atoms with Gasteiger partial charge in [0.25, 0.3) is 0 Å². The second-order valence-corrected chi connectivity index (χ2v) is 4.92. The molecule has 0 aromatic heterocycles. The minimum absolute atomic E-state index is 0.507. The van der Waals surface area contributed by atoms with E-state index in [-0.39, 0.29) is 0 Å². The zero-order valence-electron chi connectivity index (χ0n) is 10.9. The lowest BCUT2D eigenvalue weighted by Gasteiger charge is -2.39. The molecule has 0 amide bonds. The third-order valence-corrected chi connectivity index (χ3v) is 3.45. The molecule has 1 fully saturated rings. The Morgan fingerprint density at radius 2 is 1.74 bits per heavy atom. The molecule has 0 radical (unpaired) electrons. The van der Waals surface area contributed by atoms with Gasteiger partial charge in [-0.1, -0.05) is 30.3 Å². The van der Waals surface area contributed by atoms with Crippen LogP contribution < -0.4 is 5.32 Å². The predicted octanol–water partition coefficient (Wildman–Crippen LogP) is -0.354. The summed E-state index contributed by atoms with van der Waals surface area (Å²) in [4.78, 5) is 0. The van der Waals surface area contributed by atoms with Crippen LogP contribution in [0.2, 0.25) is 0 Å². The zero-order valence-corrected chi connectivity index (χ0v) is 10.9. The minimum Gasteiger partial charge on any atom is -0.388 e. The van der Waals surface area contributed by atoms with Crippen LogP contribution in [-0.2, 0) is 11.2 Å². The number of aliphatic hydroxyl groups is 3. The molecule has 0 saturated carbocycles. The highest BCUT2D eigenvalue weighted by Gasteiger charge is 2.41. The van der Waals surface area contributed by atoms with Gasteiger partial charge in [-0.25, -0.2) is 0 Å². The molecule has 0 aliphatic carbocycles. The van der Waals surface area contributed by atoms with Gasteiger partial charge in [0.2, 0.25) is 0 Å². The fraction of sp³-hybridized carbons (Fsp3) is 0.571. The second kappa shape index (κ2) is 6.45. The number of hydrogen-bond donors (Lipinski definition) is 4. The standard InChI is InChI=1S/C14H21NO4/c1-9-11(16)12(17)13(18)14(19-9)15-8-7-10-5-3-2-4-6-10/h2-6,9,11-18H,7-8H2,1H3/t9-,11-,12+,13+,14-/m1/s1. The first kappa shape index (κ1) is 14.4. The van der Waals surface area contributed by atoms with E-state index >= 15 is 0 Å². The fourth-order valence-corrected chi connectivity index (χ4v) is 2.22. The molecule has 4 N–H and O–H groups in total. The molecule has 19 heavy (non-hydrogen) atoms. The Hall–Kier alpha value is -0.980. The highest BCUT2D eigenvalue weighted by Crippen LogP contribution is 2.19. The largest absolute Gasteiger partial charge is 0.388 e. The Bertz CT molecular complexity index is 386.